The van der Waals surface area contributed by atoms with Gasteiger partial charge in [-0.15, -0.1) is 0 Å². The number of rotatable bonds is 2. The van der Waals surface area contributed by atoms with E-state index < -0.39 is 5.97 Å². The summed E-state index contributed by atoms with van der Waals surface area (Å²) in [5, 5.41) is 14.5. The average molecular weight is 332 g/mol. The molecule has 0 spiro atoms. The fourth-order valence-corrected chi connectivity index (χ4v) is 3.10. The molecule has 0 amide bonds. The van der Waals surface area contributed by atoms with Crippen molar-refractivity contribution in [1.29, 1.82) is 0 Å². The Morgan fingerprint density at radius 1 is 1.15 bits per heavy atom. The largest absolute Gasteiger partial charge is 0.476 e. The molecule has 0 radical (unpaired) electrons. The third-order valence-electron chi connectivity index (χ3n) is 3.35. The summed E-state index contributed by atoms with van der Waals surface area (Å²) in [6.45, 7) is 0. The molecule has 0 saturated heterocycles. The molecule has 1 N–H and O–H groups in total. The number of benzene rings is 1. The van der Waals surface area contributed by atoms with Crippen LogP contribution in [0.2, 0.25) is 15.1 Å². The number of halogens is 3. The molecule has 0 fully saturated rings. The van der Waals surface area contributed by atoms with Gasteiger partial charge in [0.1, 0.15) is 0 Å². The summed E-state index contributed by atoms with van der Waals surface area (Å²) in [6.07, 6.45) is 2.40. The van der Waals surface area contributed by atoms with Crippen LogP contribution >= 0.6 is 34.8 Å². The first-order chi connectivity index (χ1) is 9.49. The minimum Gasteiger partial charge on any atom is -0.476 e. The van der Waals surface area contributed by atoms with E-state index in [0.717, 1.165) is 30.5 Å². The van der Waals surface area contributed by atoms with Gasteiger partial charge in [-0.05, 0) is 31.4 Å². The highest BCUT2D eigenvalue weighted by Gasteiger charge is 2.27. The van der Waals surface area contributed by atoms with E-state index in [-0.39, 0.29) is 5.69 Å². The molecule has 1 aliphatic rings. The van der Waals surface area contributed by atoms with E-state index in [1.807, 2.05) is 0 Å². The van der Waals surface area contributed by atoms with Crippen molar-refractivity contribution in [2.75, 3.05) is 0 Å². The molecule has 4 nitrogen and oxygen atoms in total. The Bertz CT molecular complexity index is 725. The highest BCUT2D eigenvalue weighted by molar-refractivity contribution is 6.43. The number of carbonyl (C=O) groups is 1. The second kappa shape index (κ2) is 4.95. The summed E-state index contributed by atoms with van der Waals surface area (Å²) in [7, 11) is 0. The van der Waals surface area contributed by atoms with E-state index in [4.69, 9.17) is 34.8 Å². The predicted molar refractivity (Wildman–Crippen MR) is 77.6 cm³/mol. The second-order valence-electron chi connectivity index (χ2n) is 4.56. The minimum atomic E-state index is -1.03. The fourth-order valence-electron chi connectivity index (χ4n) is 2.48. The topological polar surface area (TPSA) is 55.1 Å². The maximum Gasteiger partial charge on any atom is 0.356 e. The lowest BCUT2D eigenvalue weighted by Gasteiger charge is -2.09. The molecule has 0 bridgehead atoms. The number of carboxylic acid groups (broad SMARTS) is 1. The van der Waals surface area contributed by atoms with Crippen LogP contribution in [0, 0.1) is 0 Å². The Kier molecular flexibility index (Phi) is 3.40. The molecule has 104 valence electrons. The van der Waals surface area contributed by atoms with Crippen molar-refractivity contribution in [3.8, 4) is 5.69 Å². The first-order valence-electron chi connectivity index (χ1n) is 5.98. The summed E-state index contributed by atoms with van der Waals surface area (Å²) in [4.78, 5) is 11.3. The van der Waals surface area contributed by atoms with Crippen LogP contribution in [0.1, 0.15) is 28.2 Å². The maximum absolute atomic E-state index is 11.3. The van der Waals surface area contributed by atoms with E-state index >= 15 is 0 Å². The van der Waals surface area contributed by atoms with Gasteiger partial charge in [0.25, 0.3) is 0 Å². The lowest BCUT2D eigenvalue weighted by Crippen LogP contribution is -2.05. The molecular weight excluding hydrogens is 323 g/mol. The van der Waals surface area contributed by atoms with Crippen LogP contribution in [0.4, 0.5) is 0 Å². The van der Waals surface area contributed by atoms with Crippen LogP contribution < -0.4 is 0 Å². The van der Waals surface area contributed by atoms with Gasteiger partial charge in [0, 0.05) is 11.3 Å². The molecule has 2 aromatic rings. The Labute approximate surface area is 129 Å². The molecule has 20 heavy (non-hydrogen) atoms. The molecule has 1 aromatic carbocycles. The van der Waals surface area contributed by atoms with Crippen LogP contribution in [-0.2, 0) is 12.8 Å². The monoisotopic (exact) mass is 330 g/mol. The molecule has 1 heterocycles. The van der Waals surface area contributed by atoms with Gasteiger partial charge in [-0.1, -0.05) is 34.8 Å². The van der Waals surface area contributed by atoms with E-state index in [0.29, 0.717) is 20.8 Å². The molecule has 3 rings (SSSR count). The first kappa shape index (κ1) is 13.7. The van der Waals surface area contributed by atoms with E-state index in [1.54, 1.807) is 10.7 Å². The molecule has 0 aliphatic heterocycles. The lowest BCUT2D eigenvalue weighted by atomic mass is 10.2. The molecule has 7 heteroatoms. The Morgan fingerprint density at radius 3 is 2.55 bits per heavy atom. The molecule has 1 aliphatic carbocycles. The third kappa shape index (κ3) is 2.08. The predicted octanol–water partition coefficient (Wildman–Crippen LogP) is 4.02. The van der Waals surface area contributed by atoms with Crippen molar-refractivity contribution in [2.45, 2.75) is 19.3 Å². The van der Waals surface area contributed by atoms with Gasteiger partial charge in [-0.3, -0.25) is 0 Å². The van der Waals surface area contributed by atoms with E-state index in [9.17, 15) is 9.90 Å². The highest BCUT2D eigenvalue weighted by atomic mass is 35.5. The van der Waals surface area contributed by atoms with Gasteiger partial charge in [0.2, 0.25) is 0 Å². The number of hydrogen-bond donors (Lipinski definition) is 1. The van der Waals surface area contributed by atoms with Crippen molar-refractivity contribution in [1.82, 2.24) is 9.78 Å². The van der Waals surface area contributed by atoms with Crippen molar-refractivity contribution >= 4 is 40.8 Å². The Morgan fingerprint density at radius 2 is 1.85 bits per heavy atom. The molecule has 0 unspecified atom stereocenters. The lowest BCUT2D eigenvalue weighted by molar-refractivity contribution is 0.0689. The Balaban J connectivity index is 2.23. The van der Waals surface area contributed by atoms with E-state index in [2.05, 4.69) is 5.10 Å². The molecule has 0 saturated carbocycles. The second-order valence-corrected chi connectivity index (χ2v) is 5.78. The molecule has 0 atom stereocenters. The maximum atomic E-state index is 11.3. The summed E-state index contributed by atoms with van der Waals surface area (Å²) in [5.74, 6) is -1.03. The molecule has 1 aromatic heterocycles. The summed E-state index contributed by atoms with van der Waals surface area (Å²) in [5.41, 5.74) is 2.29. The van der Waals surface area contributed by atoms with Crippen molar-refractivity contribution in [2.24, 2.45) is 0 Å². The first-order valence-corrected chi connectivity index (χ1v) is 7.11. The zero-order valence-electron chi connectivity index (χ0n) is 10.2. The van der Waals surface area contributed by atoms with Crippen LogP contribution in [0.3, 0.4) is 0 Å². The zero-order chi connectivity index (χ0) is 14.4. The van der Waals surface area contributed by atoms with Gasteiger partial charge in [-0.2, -0.15) is 5.10 Å². The van der Waals surface area contributed by atoms with Crippen molar-refractivity contribution in [3.63, 3.8) is 0 Å². The average Bonchev–Trinajstić information content (AvgIpc) is 2.95. The zero-order valence-corrected chi connectivity index (χ0v) is 12.4. The van der Waals surface area contributed by atoms with Gasteiger partial charge in [0.15, 0.2) is 5.69 Å². The van der Waals surface area contributed by atoms with Crippen LogP contribution in [-0.4, -0.2) is 20.9 Å². The standard InChI is InChI=1S/C13H9Cl3N2O2/c14-7-4-9(16)11(5-8(7)15)18-10-3-1-2-6(10)12(17-18)13(19)20/h4-5H,1-3H2,(H,19,20). The van der Waals surface area contributed by atoms with Crippen LogP contribution in [0.25, 0.3) is 5.69 Å². The van der Waals surface area contributed by atoms with Gasteiger partial charge < -0.3 is 5.11 Å². The fraction of sp³-hybridized carbons (Fsp3) is 0.231. The van der Waals surface area contributed by atoms with Crippen LogP contribution in [0.15, 0.2) is 12.1 Å². The summed E-state index contributed by atoms with van der Waals surface area (Å²) >= 11 is 18.1. The summed E-state index contributed by atoms with van der Waals surface area (Å²) in [6, 6.07) is 3.13. The van der Waals surface area contributed by atoms with Gasteiger partial charge in [-0.25, -0.2) is 9.48 Å². The van der Waals surface area contributed by atoms with Crippen molar-refractivity contribution in [3.05, 3.63) is 44.2 Å². The number of carboxylic acids is 1. The SMILES string of the molecule is O=C(O)c1nn(-c2cc(Cl)c(Cl)cc2Cl)c2c1CCC2. The van der Waals surface area contributed by atoms with Gasteiger partial charge in [0.05, 0.1) is 20.8 Å². The third-order valence-corrected chi connectivity index (χ3v) is 4.38. The minimum absolute atomic E-state index is 0.0830. The van der Waals surface area contributed by atoms with Crippen LogP contribution in [0.5, 0.6) is 0 Å². The highest BCUT2D eigenvalue weighted by Crippen LogP contribution is 2.34. The van der Waals surface area contributed by atoms with E-state index in [1.165, 1.54) is 6.07 Å². The van der Waals surface area contributed by atoms with Crippen molar-refractivity contribution < 1.29 is 9.90 Å². The number of nitrogens with zero attached hydrogens (tertiary/aromatic N) is 2. The normalized spacial score (nSPS) is 13.6. The molecular formula is C13H9Cl3N2O2. The summed E-state index contributed by atoms with van der Waals surface area (Å²) < 4.78 is 1.57. The number of aromatic carboxylic acids is 1. The number of aromatic nitrogens is 2. The number of fused-ring (bicyclic) bond motifs is 1. The Hall–Kier alpha value is -1.23. The number of hydrogen-bond acceptors (Lipinski definition) is 2. The van der Waals surface area contributed by atoms with Gasteiger partial charge >= 0.3 is 5.97 Å². The quantitative estimate of drug-likeness (QED) is 0.846. The smallest absolute Gasteiger partial charge is 0.356 e.